The fourth-order valence-electron chi connectivity index (χ4n) is 1.40. The average Bonchev–Trinajstić information content (AvgIpc) is 2.73. The molecule has 1 aromatic rings. The van der Waals surface area contributed by atoms with E-state index in [-0.39, 0.29) is 6.42 Å². The van der Waals surface area contributed by atoms with E-state index in [0.717, 1.165) is 0 Å². The van der Waals surface area contributed by atoms with Crippen LogP contribution in [0.3, 0.4) is 0 Å². The van der Waals surface area contributed by atoms with Crippen LogP contribution in [0.2, 0.25) is 0 Å². The van der Waals surface area contributed by atoms with Gasteiger partial charge in [0.05, 0.1) is 0 Å². The van der Waals surface area contributed by atoms with Crippen LogP contribution in [0.5, 0.6) is 0 Å². The first-order valence-electron chi connectivity index (χ1n) is 5.92. The lowest BCUT2D eigenvalue weighted by Crippen LogP contribution is -2.44. The SMILES string of the molecule is CC(C)(C)OC(=O)NC(Cc1ccc(C#N)s1)C(=O)O. The minimum absolute atomic E-state index is 0.112. The number of rotatable bonds is 4. The average molecular weight is 296 g/mol. The zero-order valence-electron chi connectivity index (χ0n) is 11.5. The highest BCUT2D eigenvalue weighted by atomic mass is 32.1. The van der Waals surface area contributed by atoms with Crippen molar-refractivity contribution in [1.29, 1.82) is 5.26 Å². The molecule has 0 aliphatic rings. The van der Waals surface area contributed by atoms with Gasteiger partial charge in [0.25, 0.3) is 0 Å². The molecular formula is C13H16N2O4S. The highest BCUT2D eigenvalue weighted by Crippen LogP contribution is 2.17. The molecule has 0 bridgehead atoms. The van der Waals surface area contributed by atoms with Gasteiger partial charge < -0.3 is 15.2 Å². The van der Waals surface area contributed by atoms with Gasteiger partial charge in [0, 0.05) is 11.3 Å². The van der Waals surface area contributed by atoms with Gasteiger partial charge in [-0.2, -0.15) is 5.26 Å². The Hall–Kier alpha value is -2.07. The lowest BCUT2D eigenvalue weighted by atomic mass is 10.2. The van der Waals surface area contributed by atoms with Gasteiger partial charge in [0.2, 0.25) is 0 Å². The van der Waals surface area contributed by atoms with Crippen LogP contribution in [0.1, 0.15) is 30.5 Å². The van der Waals surface area contributed by atoms with Gasteiger partial charge >= 0.3 is 12.1 Å². The molecule has 0 aromatic carbocycles. The molecule has 108 valence electrons. The van der Waals surface area contributed by atoms with E-state index in [0.29, 0.717) is 9.75 Å². The van der Waals surface area contributed by atoms with E-state index >= 15 is 0 Å². The van der Waals surface area contributed by atoms with Gasteiger partial charge in [-0.05, 0) is 32.9 Å². The summed E-state index contributed by atoms with van der Waals surface area (Å²) >= 11 is 1.20. The van der Waals surface area contributed by atoms with Crippen molar-refractivity contribution in [2.75, 3.05) is 0 Å². The highest BCUT2D eigenvalue weighted by molar-refractivity contribution is 7.12. The molecule has 0 aliphatic heterocycles. The van der Waals surface area contributed by atoms with Gasteiger partial charge in [-0.15, -0.1) is 11.3 Å². The Morgan fingerprint density at radius 1 is 1.50 bits per heavy atom. The number of alkyl carbamates (subject to hydrolysis) is 1. The standard InChI is InChI=1S/C13H16N2O4S/c1-13(2,3)19-12(18)15-10(11(16)17)6-8-4-5-9(7-14)20-8/h4-5,10H,6H2,1-3H3,(H,15,18)(H,16,17). The third-order valence-corrected chi connectivity index (χ3v) is 3.18. The fraction of sp³-hybridized carbons (Fsp3) is 0.462. The maximum Gasteiger partial charge on any atom is 0.408 e. The molecule has 0 radical (unpaired) electrons. The van der Waals surface area contributed by atoms with Crippen LogP contribution in [0, 0.1) is 11.3 Å². The molecule has 6 nitrogen and oxygen atoms in total. The number of carboxylic acids is 1. The molecule has 7 heteroatoms. The summed E-state index contributed by atoms with van der Waals surface area (Å²) < 4.78 is 5.02. The summed E-state index contributed by atoms with van der Waals surface area (Å²) in [4.78, 5) is 23.9. The number of hydrogen-bond donors (Lipinski definition) is 2. The summed E-state index contributed by atoms with van der Waals surface area (Å²) in [7, 11) is 0. The number of amides is 1. The van der Waals surface area contributed by atoms with Crippen molar-refractivity contribution in [2.45, 2.75) is 38.8 Å². The molecule has 1 unspecified atom stereocenters. The van der Waals surface area contributed by atoms with E-state index in [4.69, 9.17) is 15.1 Å². The number of carbonyl (C=O) groups excluding carboxylic acids is 1. The Kier molecular flexibility index (Phi) is 5.11. The van der Waals surface area contributed by atoms with Crippen molar-refractivity contribution < 1.29 is 19.4 Å². The Bertz CT molecular complexity index is 539. The predicted molar refractivity (Wildman–Crippen MR) is 73.5 cm³/mol. The van der Waals surface area contributed by atoms with E-state index < -0.39 is 23.7 Å². The van der Waals surface area contributed by atoms with Crippen LogP contribution < -0.4 is 5.32 Å². The van der Waals surface area contributed by atoms with E-state index in [1.54, 1.807) is 32.9 Å². The second-order valence-electron chi connectivity index (χ2n) is 5.12. The van der Waals surface area contributed by atoms with Crippen LogP contribution in [0.4, 0.5) is 4.79 Å². The van der Waals surface area contributed by atoms with E-state index in [9.17, 15) is 9.59 Å². The van der Waals surface area contributed by atoms with Crippen LogP contribution in [-0.4, -0.2) is 28.8 Å². The monoisotopic (exact) mass is 296 g/mol. The molecule has 1 rings (SSSR count). The van der Waals surface area contributed by atoms with Crippen molar-refractivity contribution in [3.05, 3.63) is 21.9 Å². The number of nitrogens with one attached hydrogen (secondary N) is 1. The van der Waals surface area contributed by atoms with E-state index in [2.05, 4.69) is 5.32 Å². The number of nitriles is 1. The largest absolute Gasteiger partial charge is 0.480 e. The molecule has 20 heavy (non-hydrogen) atoms. The Morgan fingerprint density at radius 2 is 2.15 bits per heavy atom. The van der Waals surface area contributed by atoms with E-state index in [1.165, 1.54) is 11.3 Å². The smallest absolute Gasteiger partial charge is 0.408 e. The molecule has 0 saturated carbocycles. The zero-order valence-corrected chi connectivity index (χ0v) is 12.3. The Morgan fingerprint density at radius 3 is 2.60 bits per heavy atom. The minimum Gasteiger partial charge on any atom is -0.480 e. The Labute approximate surface area is 121 Å². The number of thiophene rings is 1. The topological polar surface area (TPSA) is 99.4 Å². The van der Waals surface area contributed by atoms with Gasteiger partial charge in [-0.1, -0.05) is 0 Å². The molecule has 1 aromatic heterocycles. The molecule has 2 N–H and O–H groups in total. The van der Waals surface area contributed by atoms with Crippen molar-refractivity contribution >= 4 is 23.4 Å². The normalized spacial score (nSPS) is 12.3. The maximum absolute atomic E-state index is 11.6. The zero-order chi connectivity index (χ0) is 15.3. The first-order chi connectivity index (χ1) is 9.21. The third-order valence-electron chi connectivity index (χ3n) is 2.17. The van der Waals surface area contributed by atoms with Crippen LogP contribution in [0.15, 0.2) is 12.1 Å². The second-order valence-corrected chi connectivity index (χ2v) is 6.29. The Balaban J connectivity index is 2.68. The number of ether oxygens (including phenoxy) is 1. The van der Waals surface area contributed by atoms with Crippen LogP contribution in [0.25, 0.3) is 0 Å². The van der Waals surface area contributed by atoms with Gasteiger partial charge in [-0.25, -0.2) is 9.59 Å². The van der Waals surface area contributed by atoms with Crippen molar-refractivity contribution in [3.63, 3.8) is 0 Å². The quantitative estimate of drug-likeness (QED) is 0.886. The van der Waals surface area contributed by atoms with Crippen LogP contribution >= 0.6 is 11.3 Å². The van der Waals surface area contributed by atoms with E-state index in [1.807, 2.05) is 6.07 Å². The summed E-state index contributed by atoms with van der Waals surface area (Å²) in [6.07, 6.45) is -0.664. The summed E-state index contributed by atoms with van der Waals surface area (Å²) in [5, 5.41) is 20.1. The first-order valence-corrected chi connectivity index (χ1v) is 6.74. The molecule has 1 atom stereocenters. The number of hydrogen-bond acceptors (Lipinski definition) is 5. The molecule has 1 amide bonds. The number of carbonyl (C=O) groups is 2. The summed E-state index contributed by atoms with van der Waals surface area (Å²) in [6, 6.07) is 4.19. The van der Waals surface area contributed by atoms with Gasteiger partial charge in [0.1, 0.15) is 22.6 Å². The molecule has 1 heterocycles. The molecule has 0 aliphatic carbocycles. The number of nitrogens with zero attached hydrogens (tertiary/aromatic N) is 1. The van der Waals surface area contributed by atoms with Crippen molar-refractivity contribution in [2.24, 2.45) is 0 Å². The van der Waals surface area contributed by atoms with Crippen LogP contribution in [-0.2, 0) is 16.0 Å². The van der Waals surface area contributed by atoms with Crippen molar-refractivity contribution in [1.82, 2.24) is 5.32 Å². The maximum atomic E-state index is 11.6. The highest BCUT2D eigenvalue weighted by Gasteiger charge is 2.24. The lowest BCUT2D eigenvalue weighted by Gasteiger charge is -2.21. The van der Waals surface area contributed by atoms with Gasteiger partial charge in [0.15, 0.2) is 0 Å². The minimum atomic E-state index is -1.15. The molecule has 0 spiro atoms. The van der Waals surface area contributed by atoms with Crippen molar-refractivity contribution in [3.8, 4) is 6.07 Å². The predicted octanol–water partition coefficient (Wildman–Crippen LogP) is 2.14. The summed E-state index contributed by atoms with van der Waals surface area (Å²) in [5.41, 5.74) is -0.690. The molecular weight excluding hydrogens is 280 g/mol. The summed E-state index contributed by atoms with van der Waals surface area (Å²) in [6.45, 7) is 5.09. The first kappa shape index (κ1) is 16.0. The lowest BCUT2D eigenvalue weighted by molar-refractivity contribution is -0.139. The fourth-order valence-corrected chi connectivity index (χ4v) is 2.25. The number of carboxylic acid groups (broad SMARTS) is 1. The third kappa shape index (κ3) is 5.28. The van der Waals surface area contributed by atoms with Gasteiger partial charge in [-0.3, -0.25) is 0 Å². The molecule has 0 saturated heterocycles. The molecule has 0 fully saturated rings. The summed E-state index contributed by atoms with van der Waals surface area (Å²) in [5.74, 6) is -1.15. The number of aliphatic carboxylic acids is 1. The second kappa shape index (κ2) is 6.39.